The van der Waals surface area contributed by atoms with E-state index in [0.717, 1.165) is 22.0 Å². The second-order valence-corrected chi connectivity index (χ2v) is 11.9. The average Bonchev–Trinajstić information content (AvgIpc) is 2.91. The van der Waals surface area contributed by atoms with E-state index in [0.29, 0.717) is 37.2 Å². The first-order chi connectivity index (χ1) is 18.3. The molecule has 1 unspecified atom stereocenters. The molecule has 8 nitrogen and oxygen atoms in total. The highest BCUT2D eigenvalue weighted by molar-refractivity contribution is 8.02. The Morgan fingerprint density at radius 3 is 2.53 bits per heavy atom. The largest absolute Gasteiger partial charge is 0.480 e. The van der Waals surface area contributed by atoms with Crippen molar-refractivity contribution in [1.29, 1.82) is 0 Å². The molecule has 38 heavy (non-hydrogen) atoms. The Balaban J connectivity index is 1.36. The summed E-state index contributed by atoms with van der Waals surface area (Å²) in [5.41, 5.74) is 1.53. The zero-order chi connectivity index (χ0) is 26.9. The highest BCUT2D eigenvalue weighted by atomic mass is 32.2. The molecule has 2 atom stereocenters. The maximum atomic E-state index is 13.2. The van der Waals surface area contributed by atoms with Crippen LogP contribution < -0.4 is 5.32 Å². The van der Waals surface area contributed by atoms with Crippen molar-refractivity contribution >= 4 is 57.3 Å². The van der Waals surface area contributed by atoms with E-state index < -0.39 is 22.7 Å². The zero-order valence-electron chi connectivity index (χ0n) is 21.4. The first kappa shape index (κ1) is 26.0. The maximum absolute atomic E-state index is 13.2. The molecule has 9 heteroatoms. The first-order valence-corrected chi connectivity index (χ1v) is 13.8. The van der Waals surface area contributed by atoms with Crippen molar-refractivity contribution in [3.8, 4) is 0 Å². The fourth-order valence-corrected chi connectivity index (χ4v) is 6.58. The summed E-state index contributed by atoms with van der Waals surface area (Å²) in [6, 6.07) is 10.4. The first-order valence-electron chi connectivity index (χ1n) is 12.8. The lowest BCUT2D eigenvalue weighted by Crippen LogP contribution is -2.63. The van der Waals surface area contributed by atoms with Crippen molar-refractivity contribution in [2.75, 3.05) is 5.32 Å². The fourth-order valence-electron chi connectivity index (χ4n) is 5.27. The Bertz CT molecular complexity index is 1400. The fraction of sp³-hybridized carbons (Fsp3) is 0.379. The third-order valence-corrected chi connectivity index (χ3v) is 8.57. The minimum atomic E-state index is -1.03. The van der Waals surface area contributed by atoms with E-state index in [4.69, 9.17) is 4.99 Å². The Hall–Kier alpha value is -3.59. The molecule has 0 radical (unpaired) electrons. The van der Waals surface area contributed by atoms with Gasteiger partial charge in [0.15, 0.2) is 11.8 Å². The summed E-state index contributed by atoms with van der Waals surface area (Å²) in [7, 11) is 0. The Morgan fingerprint density at radius 1 is 1.13 bits per heavy atom. The minimum Gasteiger partial charge on any atom is -0.480 e. The standard InChI is InChI=1S/C29H30N4O4S/c1-17(2)38-24-25(29(26(24)35)11-7-21(34)8-12-29)33-23(28(36)37)15-18-3-5-20(6-4-18)32-27-22-16-30-13-9-19(22)10-14-31-27/h3-6,9-10,13-14,16-17,23-24H,7-8,11-12,15H2,1-2H3,(H,31,32)(H,36,37)/t23-,24?/m0/s1. The molecule has 2 aromatic heterocycles. The SMILES string of the molecule is CC(C)SC1C(=O)C2(CCC(=O)CC2)C1=N[C@@H](Cc1ccc(Nc2nccc3ccncc23)cc1)C(=O)O. The molecule has 2 aliphatic rings. The monoisotopic (exact) mass is 530 g/mol. The number of aliphatic imine (C=N–C) groups is 1. The number of aliphatic carboxylic acids is 1. The number of carbonyl (C=O) groups is 3. The van der Waals surface area contributed by atoms with Crippen molar-refractivity contribution in [3.05, 3.63) is 60.6 Å². The molecule has 0 amide bonds. The number of ketones is 2. The molecule has 3 aromatic rings. The van der Waals surface area contributed by atoms with Gasteiger partial charge < -0.3 is 10.4 Å². The molecular formula is C29H30N4O4S. The van der Waals surface area contributed by atoms with Crippen molar-refractivity contribution in [2.45, 2.75) is 62.5 Å². The van der Waals surface area contributed by atoms with Crippen LogP contribution in [0.4, 0.5) is 11.5 Å². The van der Waals surface area contributed by atoms with Gasteiger partial charge in [0.1, 0.15) is 16.9 Å². The number of nitrogens with one attached hydrogen (secondary N) is 1. The van der Waals surface area contributed by atoms with Gasteiger partial charge in [-0.05, 0) is 48.1 Å². The number of nitrogens with zero attached hydrogens (tertiary/aromatic N) is 3. The van der Waals surface area contributed by atoms with Crippen LogP contribution in [0.25, 0.3) is 10.8 Å². The Morgan fingerprint density at radius 2 is 1.84 bits per heavy atom. The molecule has 196 valence electrons. The number of fused-ring (bicyclic) bond motifs is 1. The summed E-state index contributed by atoms with van der Waals surface area (Å²) in [5.74, 6) is -0.0833. The normalized spacial score (nSPS) is 20.6. The number of carboxylic acid groups (broad SMARTS) is 1. The van der Waals surface area contributed by atoms with Crippen molar-refractivity contribution in [3.63, 3.8) is 0 Å². The van der Waals surface area contributed by atoms with Gasteiger partial charge in [0.2, 0.25) is 0 Å². The van der Waals surface area contributed by atoms with Crippen molar-refractivity contribution < 1.29 is 19.5 Å². The van der Waals surface area contributed by atoms with Crippen LogP contribution in [-0.2, 0) is 20.8 Å². The zero-order valence-corrected chi connectivity index (χ0v) is 22.2. The van der Waals surface area contributed by atoms with Crippen LogP contribution in [0.3, 0.4) is 0 Å². The number of pyridine rings is 2. The smallest absolute Gasteiger partial charge is 0.328 e. The lowest BCUT2D eigenvalue weighted by Gasteiger charge is -2.49. The van der Waals surface area contributed by atoms with Crippen LogP contribution >= 0.6 is 11.8 Å². The topological polar surface area (TPSA) is 122 Å². The van der Waals surface area contributed by atoms with Crippen molar-refractivity contribution in [2.24, 2.45) is 10.4 Å². The molecule has 2 aliphatic carbocycles. The molecule has 1 aromatic carbocycles. The molecular weight excluding hydrogens is 500 g/mol. The highest BCUT2D eigenvalue weighted by Gasteiger charge is 2.60. The Labute approximate surface area is 225 Å². The quantitative estimate of drug-likeness (QED) is 0.416. The lowest BCUT2D eigenvalue weighted by molar-refractivity contribution is -0.139. The number of rotatable bonds is 8. The van der Waals surface area contributed by atoms with Gasteiger partial charge in [0.25, 0.3) is 0 Å². The number of carbonyl (C=O) groups excluding carboxylic acids is 2. The number of Topliss-reactive ketones (excluding diaryl/α,β-unsaturated/α-hetero) is 2. The molecule has 0 saturated heterocycles. The molecule has 2 heterocycles. The average molecular weight is 531 g/mol. The van der Waals surface area contributed by atoms with Gasteiger partial charge in [-0.1, -0.05) is 26.0 Å². The summed E-state index contributed by atoms with van der Waals surface area (Å²) >= 11 is 1.51. The van der Waals surface area contributed by atoms with Crippen LogP contribution in [0.1, 0.15) is 45.1 Å². The number of hydrogen-bond donors (Lipinski definition) is 2. The number of benzene rings is 1. The molecule has 5 rings (SSSR count). The van der Waals surface area contributed by atoms with Gasteiger partial charge in [0, 0.05) is 59.9 Å². The molecule has 2 saturated carbocycles. The Kier molecular flexibility index (Phi) is 7.29. The van der Waals surface area contributed by atoms with E-state index >= 15 is 0 Å². The van der Waals surface area contributed by atoms with Gasteiger partial charge in [-0.2, -0.15) is 0 Å². The maximum Gasteiger partial charge on any atom is 0.328 e. The summed E-state index contributed by atoms with van der Waals surface area (Å²) in [6.45, 7) is 4.03. The van der Waals surface area contributed by atoms with Gasteiger partial charge in [-0.25, -0.2) is 9.78 Å². The van der Waals surface area contributed by atoms with Crippen LogP contribution in [-0.4, -0.2) is 54.9 Å². The molecule has 1 spiro atoms. The van der Waals surface area contributed by atoms with E-state index in [1.165, 1.54) is 11.8 Å². The van der Waals surface area contributed by atoms with Gasteiger partial charge >= 0.3 is 5.97 Å². The molecule has 0 bridgehead atoms. The van der Waals surface area contributed by atoms with Gasteiger partial charge in [-0.3, -0.25) is 19.6 Å². The second-order valence-electron chi connectivity index (χ2n) is 10.2. The van der Waals surface area contributed by atoms with E-state index in [-0.39, 0.29) is 23.2 Å². The number of thioether (sulfide) groups is 1. The van der Waals surface area contributed by atoms with E-state index in [2.05, 4.69) is 15.3 Å². The molecule has 2 fully saturated rings. The summed E-state index contributed by atoms with van der Waals surface area (Å²) < 4.78 is 0. The second kappa shape index (κ2) is 10.6. The summed E-state index contributed by atoms with van der Waals surface area (Å²) in [6.07, 6.45) is 7.00. The predicted molar refractivity (Wildman–Crippen MR) is 149 cm³/mol. The third-order valence-electron chi connectivity index (χ3n) is 7.31. The van der Waals surface area contributed by atoms with E-state index in [1.54, 1.807) is 18.6 Å². The molecule has 2 N–H and O–H groups in total. The number of carboxylic acids is 1. The summed E-state index contributed by atoms with van der Waals surface area (Å²) in [4.78, 5) is 50.7. The number of aromatic nitrogens is 2. The number of hydrogen-bond acceptors (Lipinski definition) is 8. The van der Waals surface area contributed by atoms with E-state index in [9.17, 15) is 19.5 Å². The van der Waals surface area contributed by atoms with Gasteiger partial charge in [0.05, 0.1) is 5.41 Å². The highest BCUT2D eigenvalue weighted by Crippen LogP contribution is 2.51. The predicted octanol–water partition coefficient (Wildman–Crippen LogP) is 5.03. The number of anilines is 2. The molecule has 0 aliphatic heterocycles. The summed E-state index contributed by atoms with van der Waals surface area (Å²) in [5, 5.41) is 15.0. The van der Waals surface area contributed by atoms with Crippen molar-refractivity contribution in [1.82, 2.24) is 9.97 Å². The van der Waals surface area contributed by atoms with Crippen LogP contribution in [0, 0.1) is 5.41 Å². The van der Waals surface area contributed by atoms with Crippen LogP contribution in [0.5, 0.6) is 0 Å². The van der Waals surface area contributed by atoms with E-state index in [1.807, 2.05) is 50.2 Å². The minimum absolute atomic E-state index is 0.0965. The van der Waals surface area contributed by atoms with Crippen LogP contribution in [0.2, 0.25) is 0 Å². The lowest BCUT2D eigenvalue weighted by atomic mass is 9.57. The van der Waals surface area contributed by atoms with Gasteiger partial charge in [-0.15, -0.1) is 11.8 Å². The van der Waals surface area contributed by atoms with Crippen LogP contribution in [0.15, 0.2) is 60.0 Å². The third kappa shape index (κ3) is 5.07.